The molecule has 0 unspecified atom stereocenters. The van der Waals surface area contributed by atoms with Crippen molar-refractivity contribution < 1.29 is 9.13 Å². The molecular weight excluding hydrogens is 497 g/mol. The number of imidazole rings is 1. The number of rotatable bonds is 7. The number of halogens is 1. The minimum Gasteiger partial charge on any atom is -0.492 e. The number of likely N-dealkylation sites (tertiary alicyclic amines) is 1. The molecule has 6 heterocycles. The zero-order chi connectivity index (χ0) is 26.3. The van der Waals surface area contributed by atoms with Gasteiger partial charge in [-0.3, -0.25) is 14.7 Å². The molecule has 0 spiro atoms. The summed E-state index contributed by atoms with van der Waals surface area (Å²) in [4.78, 5) is 19.4. The molecule has 1 aliphatic heterocycles. The summed E-state index contributed by atoms with van der Waals surface area (Å²) in [6, 6.07) is 8.64. The lowest BCUT2D eigenvalue weighted by molar-refractivity contribution is 0.237. The Balaban J connectivity index is 1.23. The van der Waals surface area contributed by atoms with E-state index in [1.165, 1.54) is 25.0 Å². The first-order chi connectivity index (χ1) is 19.1. The summed E-state index contributed by atoms with van der Waals surface area (Å²) in [6.45, 7) is 3.55. The van der Waals surface area contributed by atoms with Crippen LogP contribution in [0, 0.1) is 5.82 Å². The molecule has 1 aliphatic rings. The number of hydrogen-bond donors (Lipinski definition) is 2. The van der Waals surface area contributed by atoms with Crippen molar-refractivity contribution in [2.75, 3.05) is 26.2 Å². The summed E-state index contributed by atoms with van der Waals surface area (Å²) in [5.41, 5.74) is 5.82. The molecule has 196 valence electrons. The van der Waals surface area contributed by atoms with E-state index >= 15 is 0 Å². The van der Waals surface area contributed by atoms with Crippen molar-refractivity contribution in [3.05, 3.63) is 60.9 Å². The maximum absolute atomic E-state index is 14.7. The van der Waals surface area contributed by atoms with Crippen LogP contribution in [-0.4, -0.2) is 71.1 Å². The molecule has 0 radical (unpaired) electrons. The Kier molecular flexibility index (Phi) is 5.77. The van der Waals surface area contributed by atoms with E-state index in [0.29, 0.717) is 46.2 Å². The molecule has 1 fully saturated rings. The molecular formula is C28H26FN9O. The highest BCUT2D eigenvalue weighted by Gasteiger charge is 2.18. The van der Waals surface area contributed by atoms with Crippen LogP contribution >= 0.6 is 0 Å². The fourth-order valence-electron chi connectivity index (χ4n) is 5.18. The van der Waals surface area contributed by atoms with Crippen molar-refractivity contribution in [3.63, 3.8) is 0 Å². The van der Waals surface area contributed by atoms with Gasteiger partial charge in [-0.1, -0.05) is 0 Å². The Morgan fingerprint density at radius 2 is 1.90 bits per heavy atom. The predicted octanol–water partition coefficient (Wildman–Crippen LogP) is 4.58. The maximum atomic E-state index is 14.7. The Morgan fingerprint density at radius 3 is 2.74 bits per heavy atom. The van der Waals surface area contributed by atoms with Crippen LogP contribution in [0.4, 0.5) is 4.39 Å². The number of aromatic nitrogens is 8. The van der Waals surface area contributed by atoms with Crippen LogP contribution in [0.15, 0.2) is 55.1 Å². The molecule has 6 aromatic rings. The quantitative estimate of drug-likeness (QED) is 0.315. The van der Waals surface area contributed by atoms with Gasteiger partial charge in [0.15, 0.2) is 17.1 Å². The van der Waals surface area contributed by atoms with E-state index in [9.17, 15) is 4.39 Å². The average molecular weight is 524 g/mol. The normalized spacial score (nSPS) is 14.1. The first-order valence-electron chi connectivity index (χ1n) is 12.9. The van der Waals surface area contributed by atoms with Gasteiger partial charge in [0.25, 0.3) is 0 Å². The van der Waals surface area contributed by atoms with Gasteiger partial charge in [0.05, 0.1) is 17.1 Å². The molecule has 39 heavy (non-hydrogen) atoms. The highest BCUT2D eigenvalue weighted by Crippen LogP contribution is 2.33. The van der Waals surface area contributed by atoms with Crippen molar-refractivity contribution in [1.29, 1.82) is 0 Å². The topological polar surface area (TPSA) is 113 Å². The summed E-state index contributed by atoms with van der Waals surface area (Å²) >= 11 is 0. The van der Waals surface area contributed by atoms with Crippen LogP contribution in [-0.2, 0) is 7.05 Å². The van der Waals surface area contributed by atoms with Gasteiger partial charge < -0.3 is 9.72 Å². The van der Waals surface area contributed by atoms with Crippen molar-refractivity contribution in [2.45, 2.75) is 12.8 Å². The van der Waals surface area contributed by atoms with Crippen LogP contribution in [0.1, 0.15) is 12.8 Å². The summed E-state index contributed by atoms with van der Waals surface area (Å²) in [7, 11) is 1.88. The lowest BCUT2D eigenvalue weighted by Gasteiger charge is -2.15. The summed E-state index contributed by atoms with van der Waals surface area (Å²) in [5.74, 6) is 0.709. The minimum atomic E-state index is -0.359. The smallest absolute Gasteiger partial charge is 0.181 e. The van der Waals surface area contributed by atoms with Crippen LogP contribution < -0.4 is 4.74 Å². The van der Waals surface area contributed by atoms with Crippen molar-refractivity contribution in [2.24, 2.45) is 7.05 Å². The van der Waals surface area contributed by atoms with Gasteiger partial charge in [0.2, 0.25) is 0 Å². The molecule has 1 aromatic carbocycles. The number of fused-ring (bicyclic) bond motifs is 2. The van der Waals surface area contributed by atoms with E-state index in [2.05, 4.69) is 35.1 Å². The number of nitrogens with one attached hydrogen (secondary N) is 2. The van der Waals surface area contributed by atoms with Crippen LogP contribution in [0.3, 0.4) is 0 Å². The Morgan fingerprint density at radius 1 is 1.00 bits per heavy atom. The van der Waals surface area contributed by atoms with E-state index < -0.39 is 0 Å². The Labute approximate surface area is 222 Å². The number of aromatic amines is 2. The number of hydrogen-bond acceptors (Lipinski definition) is 7. The molecule has 0 saturated carbocycles. The molecule has 2 N–H and O–H groups in total. The minimum absolute atomic E-state index is 0.359. The SMILES string of the molecule is Cn1cc(-c2cnc3n[nH]c(-c4nc5nccc(-c6cc(F)cc(OCCN7CCCC7)c6)c5[nH]4)c3c2)cn1. The van der Waals surface area contributed by atoms with E-state index in [0.717, 1.165) is 41.7 Å². The number of benzene rings is 1. The fraction of sp³-hybridized carbons (Fsp3) is 0.250. The summed E-state index contributed by atoms with van der Waals surface area (Å²) in [6.07, 6.45) is 9.63. The summed E-state index contributed by atoms with van der Waals surface area (Å²) < 4.78 is 22.3. The lowest BCUT2D eigenvalue weighted by Crippen LogP contribution is -2.25. The van der Waals surface area contributed by atoms with Gasteiger partial charge in [-0.15, -0.1) is 0 Å². The molecule has 7 rings (SSSR count). The maximum Gasteiger partial charge on any atom is 0.181 e. The molecule has 0 bridgehead atoms. The van der Waals surface area contributed by atoms with E-state index in [-0.39, 0.29) is 5.82 Å². The predicted molar refractivity (Wildman–Crippen MR) is 146 cm³/mol. The highest BCUT2D eigenvalue weighted by molar-refractivity contribution is 5.96. The lowest BCUT2D eigenvalue weighted by atomic mass is 10.1. The highest BCUT2D eigenvalue weighted by atomic mass is 19.1. The summed E-state index contributed by atoms with van der Waals surface area (Å²) in [5, 5.41) is 12.5. The zero-order valence-corrected chi connectivity index (χ0v) is 21.4. The second-order valence-corrected chi connectivity index (χ2v) is 9.81. The number of aryl methyl sites for hydroxylation is 1. The van der Waals surface area contributed by atoms with Crippen molar-refractivity contribution in [1.82, 2.24) is 44.8 Å². The molecule has 11 heteroatoms. The fourth-order valence-corrected chi connectivity index (χ4v) is 5.18. The van der Waals surface area contributed by atoms with E-state index in [1.54, 1.807) is 23.3 Å². The Bertz CT molecular complexity index is 1800. The van der Waals surface area contributed by atoms with Crippen molar-refractivity contribution >= 4 is 22.2 Å². The van der Waals surface area contributed by atoms with Gasteiger partial charge in [-0.2, -0.15) is 10.2 Å². The van der Waals surface area contributed by atoms with Crippen LogP contribution in [0.25, 0.3) is 56.0 Å². The van der Waals surface area contributed by atoms with Gasteiger partial charge in [-0.25, -0.2) is 19.3 Å². The zero-order valence-electron chi connectivity index (χ0n) is 21.4. The van der Waals surface area contributed by atoms with Gasteiger partial charge in [0, 0.05) is 54.9 Å². The van der Waals surface area contributed by atoms with Crippen molar-refractivity contribution in [3.8, 4) is 39.5 Å². The molecule has 0 amide bonds. The van der Waals surface area contributed by atoms with Crippen LogP contribution in [0.2, 0.25) is 0 Å². The monoisotopic (exact) mass is 523 g/mol. The molecule has 5 aromatic heterocycles. The standard InChI is InChI=1S/C28H26FN9O/c1-37-16-19(15-32-37)18-12-23-25(35-36-26(23)31-14-18)28-33-24-22(4-5-30-27(24)34-28)17-10-20(29)13-21(11-17)39-9-8-38-6-2-3-7-38/h4-5,10-16H,2-3,6-9H2,1H3,(H,30,33,34)(H,31,35,36). The number of ether oxygens (including phenoxy) is 1. The first-order valence-corrected chi connectivity index (χ1v) is 12.9. The molecule has 0 aliphatic carbocycles. The average Bonchev–Trinajstić information content (AvgIpc) is 3.74. The molecule has 1 saturated heterocycles. The van der Waals surface area contributed by atoms with Crippen LogP contribution in [0.5, 0.6) is 5.75 Å². The van der Waals surface area contributed by atoms with Gasteiger partial charge in [0.1, 0.15) is 23.9 Å². The molecule has 10 nitrogen and oxygen atoms in total. The third-order valence-corrected chi connectivity index (χ3v) is 7.13. The largest absolute Gasteiger partial charge is 0.492 e. The van der Waals surface area contributed by atoms with Gasteiger partial charge in [-0.05, 0) is 55.8 Å². The second kappa shape index (κ2) is 9.59. The number of H-pyrrole nitrogens is 2. The van der Waals surface area contributed by atoms with Gasteiger partial charge >= 0.3 is 0 Å². The third-order valence-electron chi connectivity index (χ3n) is 7.13. The Hall–Kier alpha value is -4.64. The molecule has 0 atom stereocenters. The number of pyridine rings is 2. The number of nitrogens with zero attached hydrogens (tertiary/aromatic N) is 7. The van der Waals surface area contributed by atoms with E-state index in [1.807, 2.05) is 31.4 Å². The second-order valence-electron chi connectivity index (χ2n) is 9.81. The van der Waals surface area contributed by atoms with E-state index in [4.69, 9.17) is 9.72 Å². The third kappa shape index (κ3) is 4.50. The first kappa shape index (κ1) is 23.5.